The molecule has 3 heteroatoms. The molecule has 2 unspecified atom stereocenters. The van der Waals surface area contributed by atoms with Gasteiger partial charge < -0.3 is 9.84 Å². The zero-order chi connectivity index (χ0) is 7.84. The van der Waals surface area contributed by atoms with Gasteiger partial charge in [-0.15, -0.1) is 0 Å². The molecule has 11 heavy (non-hydrogen) atoms. The summed E-state index contributed by atoms with van der Waals surface area (Å²) in [6, 6.07) is 0.0749. The fourth-order valence-corrected chi connectivity index (χ4v) is 1.29. The Bertz CT molecular complexity index is 265. The number of aliphatic imine (C=N–C) groups is 1. The molecule has 2 aliphatic rings. The highest BCUT2D eigenvalue weighted by molar-refractivity contribution is 5.76. The predicted octanol–water partition coefficient (Wildman–Crippen LogP) is 1.18. The van der Waals surface area contributed by atoms with Crippen LogP contribution in [0.4, 0.5) is 0 Å². The Labute approximate surface area is 64.7 Å². The summed E-state index contributed by atoms with van der Waals surface area (Å²) in [6.07, 6.45) is 5.08. The van der Waals surface area contributed by atoms with Crippen LogP contribution in [0, 0.1) is 0 Å². The molecule has 2 atom stereocenters. The van der Waals surface area contributed by atoms with Crippen LogP contribution in [0.25, 0.3) is 0 Å². The van der Waals surface area contributed by atoms with E-state index in [-0.39, 0.29) is 17.9 Å². The third-order valence-corrected chi connectivity index (χ3v) is 1.77. The number of hydrogen-bond donors (Lipinski definition) is 1. The van der Waals surface area contributed by atoms with Crippen molar-refractivity contribution in [3.05, 3.63) is 24.0 Å². The molecular weight excluding hydrogens is 142 g/mol. The van der Waals surface area contributed by atoms with Crippen LogP contribution in [0.5, 0.6) is 0 Å². The highest BCUT2D eigenvalue weighted by Gasteiger charge is 2.27. The van der Waals surface area contributed by atoms with Gasteiger partial charge >= 0.3 is 0 Å². The number of nitrogens with zero attached hydrogens (tertiary/aromatic N) is 1. The Kier molecular flexibility index (Phi) is 1.24. The third kappa shape index (κ3) is 1.02. The Morgan fingerprint density at radius 2 is 2.45 bits per heavy atom. The largest absolute Gasteiger partial charge is 0.508 e. The van der Waals surface area contributed by atoms with Crippen molar-refractivity contribution in [1.82, 2.24) is 0 Å². The average Bonchev–Trinajstić information content (AvgIpc) is 2.27. The summed E-state index contributed by atoms with van der Waals surface area (Å²) in [5, 5.41) is 9.09. The molecule has 0 aromatic carbocycles. The molecule has 0 saturated heterocycles. The molecule has 0 aromatic heterocycles. The lowest BCUT2D eigenvalue weighted by Crippen LogP contribution is -2.20. The van der Waals surface area contributed by atoms with Crippen molar-refractivity contribution < 1.29 is 9.84 Å². The Morgan fingerprint density at radius 3 is 3.27 bits per heavy atom. The van der Waals surface area contributed by atoms with Crippen LogP contribution in [-0.2, 0) is 4.74 Å². The second kappa shape index (κ2) is 2.12. The van der Waals surface area contributed by atoms with Crippen molar-refractivity contribution >= 4 is 5.90 Å². The number of aliphatic hydroxyl groups excluding tert-OH is 1. The SMILES string of the molecule is CC1=NC2C=CC(O)=CC2O1. The van der Waals surface area contributed by atoms with Crippen LogP contribution >= 0.6 is 0 Å². The predicted molar refractivity (Wildman–Crippen MR) is 41.6 cm³/mol. The number of allylic oxidation sites excluding steroid dienone is 1. The van der Waals surface area contributed by atoms with Crippen LogP contribution in [0.1, 0.15) is 6.92 Å². The summed E-state index contributed by atoms with van der Waals surface area (Å²) in [7, 11) is 0. The van der Waals surface area contributed by atoms with Gasteiger partial charge in [0.1, 0.15) is 17.9 Å². The Morgan fingerprint density at radius 1 is 1.64 bits per heavy atom. The highest BCUT2D eigenvalue weighted by atomic mass is 16.5. The van der Waals surface area contributed by atoms with Crippen LogP contribution in [-0.4, -0.2) is 23.2 Å². The molecule has 3 nitrogen and oxygen atoms in total. The van der Waals surface area contributed by atoms with Crippen molar-refractivity contribution in [2.75, 3.05) is 0 Å². The number of rotatable bonds is 0. The van der Waals surface area contributed by atoms with E-state index in [0.717, 1.165) is 0 Å². The van der Waals surface area contributed by atoms with Crippen molar-refractivity contribution in [1.29, 1.82) is 0 Å². The normalized spacial score (nSPS) is 33.9. The van der Waals surface area contributed by atoms with Crippen LogP contribution in [0.3, 0.4) is 0 Å². The summed E-state index contributed by atoms with van der Waals surface area (Å²) in [6.45, 7) is 1.82. The van der Waals surface area contributed by atoms with Crippen molar-refractivity contribution in [2.45, 2.75) is 19.1 Å². The molecule has 0 radical (unpaired) electrons. The maximum absolute atomic E-state index is 9.09. The van der Waals surface area contributed by atoms with Gasteiger partial charge in [-0.1, -0.05) is 6.08 Å². The van der Waals surface area contributed by atoms with Crippen LogP contribution in [0.15, 0.2) is 29.0 Å². The first-order valence-corrected chi connectivity index (χ1v) is 3.56. The van der Waals surface area contributed by atoms with Crippen molar-refractivity contribution in [3.8, 4) is 0 Å². The molecule has 0 saturated carbocycles. The topological polar surface area (TPSA) is 41.8 Å². The first kappa shape index (κ1) is 6.46. The second-order valence-corrected chi connectivity index (χ2v) is 2.67. The maximum Gasteiger partial charge on any atom is 0.181 e. The monoisotopic (exact) mass is 151 g/mol. The van der Waals surface area contributed by atoms with Gasteiger partial charge in [0.15, 0.2) is 5.90 Å². The summed E-state index contributed by atoms with van der Waals surface area (Å²) >= 11 is 0. The molecule has 0 amide bonds. The van der Waals surface area contributed by atoms with Crippen LogP contribution in [0.2, 0.25) is 0 Å². The minimum Gasteiger partial charge on any atom is -0.508 e. The molecule has 58 valence electrons. The standard InChI is InChI=1S/C8H9NO2/c1-5-9-7-3-2-6(10)4-8(7)11-5/h2-4,7-8,10H,1H3. The minimum atomic E-state index is -0.0833. The number of hydrogen-bond acceptors (Lipinski definition) is 3. The Hall–Kier alpha value is -1.25. The van der Waals surface area contributed by atoms with Gasteiger partial charge in [-0.25, -0.2) is 4.99 Å². The number of aliphatic hydroxyl groups is 1. The van der Waals surface area contributed by atoms with Gasteiger partial charge in [-0.05, 0) is 6.08 Å². The Balaban J connectivity index is 2.25. The molecule has 1 aliphatic carbocycles. The lowest BCUT2D eigenvalue weighted by atomic mass is 10.1. The summed E-state index contributed by atoms with van der Waals surface area (Å²) in [4.78, 5) is 4.20. The smallest absolute Gasteiger partial charge is 0.181 e. The lowest BCUT2D eigenvalue weighted by Gasteiger charge is -2.13. The fraction of sp³-hybridized carbons (Fsp3) is 0.375. The number of fused-ring (bicyclic) bond motifs is 1. The van der Waals surface area contributed by atoms with Gasteiger partial charge in [0.05, 0.1) is 0 Å². The molecule has 0 fully saturated rings. The first-order valence-electron chi connectivity index (χ1n) is 3.56. The maximum atomic E-state index is 9.09. The highest BCUT2D eigenvalue weighted by Crippen LogP contribution is 2.21. The first-order chi connectivity index (χ1) is 5.25. The van der Waals surface area contributed by atoms with E-state index < -0.39 is 0 Å². The van der Waals surface area contributed by atoms with Gasteiger partial charge in [-0.2, -0.15) is 0 Å². The number of ether oxygens (including phenoxy) is 1. The van der Waals surface area contributed by atoms with Gasteiger partial charge in [-0.3, -0.25) is 0 Å². The fourth-order valence-electron chi connectivity index (χ4n) is 1.29. The van der Waals surface area contributed by atoms with E-state index in [2.05, 4.69) is 4.99 Å². The molecule has 2 rings (SSSR count). The van der Waals surface area contributed by atoms with Gasteiger partial charge in [0, 0.05) is 13.0 Å². The van der Waals surface area contributed by atoms with E-state index in [0.29, 0.717) is 5.90 Å². The summed E-state index contributed by atoms with van der Waals surface area (Å²) in [5.74, 6) is 0.951. The molecule has 1 heterocycles. The summed E-state index contributed by atoms with van der Waals surface area (Å²) in [5.41, 5.74) is 0. The zero-order valence-electron chi connectivity index (χ0n) is 6.19. The molecule has 1 aliphatic heterocycles. The van der Waals surface area contributed by atoms with Crippen LogP contribution < -0.4 is 0 Å². The molecule has 0 spiro atoms. The molecule has 0 aromatic rings. The zero-order valence-corrected chi connectivity index (χ0v) is 6.19. The molecular formula is C8H9NO2. The van der Waals surface area contributed by atoms with E-state index >= 15 is 0 Å². The summed E-state index contributed by atoms with van der Waals surface area (Å²) < 4.78 is 5.30. The van der Waals surface area contributed by atoms with E-state index in [4.69, 9.17) is 9.84 Å². The molecule has 1 N–H and O–H groups in total. The third-order valence-electron chi connectivity index (χ3n) is 1.77. The minimum absolute atomic E-state index is 0.0749. The van der Waals surface area contributed by atoms with E-state index in [9.17, 15) is 0 Å². The van der Waals surface area contributed by atoms with Gasteiger partial charge in [0.2, 0.25) is 0 Å². The van der Waals surface area contributed by atoms with Gasteiger partial charge in [0.25, 0.3) is 0 Å². The average molecular weight is 151 g/mol. The lowest BCUT2D eigenvalue weighted by molar-refractivity contribution is 0.244. The van der Waals surface area contributed by atoms with E-state index in [1.807, 2.05) is 13.0 Å². The molecule has 0 bridgehead atoms. The van der Waals surface area contributed by atoms with Crippen molar-refractivity contribution in [2.24, 2.45) is 4.99 Å². The second-order valence-electron chi connectivity index (χ2n) is 2.67. The quantitative estimate of drug-likeness (QED) is 0.565. The van der Waals surface area contributed by atoms with E-state index in [1.165, 1.54) is 0 Å². The van der Waals surface area contributed by atoms with E-state index in [1.54, 1.807) is 12.2 Å². The van der Waals surface area contributed by atoms with Crippen molar-refractivity contribution in [3.63, 3.8) is 0 Å².